The van der Waals surface area contributed by atoms with Crippen LogP contribution in [0.15, 0.2) is 4.99 Å². The summed E-state index contributed by atoms with van der Waals surface area (Å²) in [7, 11) is 3.66. The Morgan fingerprint density at radius 2 is 1.87 bits per heavy atom. The van der Waals surface area contributed by atoms with E-state index in [-0.39, 0.29) is 12.1 Å². The number of ether oxygens (including phenoxy) is 2. The molecule has 0 unspecified atom stereocenters. The topological polar surface area (TPSA) is 66.4 Å². The molecule has 3 fully saturated rings. The number of likely N-dealkylation sites (tertiary alicyclic amines) is 1. The second-order valence-electron chi connectivity index (χ2n) is 10.8. The molecule has 1 N–H and O–H groups in total. The van der Waals surface area contributed by atoms with Gasteiger partial charge in [-0.05, 0) is 77.0 Å². The van der Waals surface area contributed by atoms with E-state index in [1.807, 2.05) is 32.7 Å². The average Bonchev–Trinajstić information content (AvgIpc) is 3.51. The number of piperidine rings is 1. The standard InChI is InChI=1S/C24H44N4O3/c1-23(2,3)31-22(29)28(17-19-7-8-19)20-9-14-27(15-10-20)21(25-4)26-18-24(11-6-12-24)13-16-30-5/h19-20H,6-18H2,1-5H3,(H,25,26). The van der Waals surface area contributed by atoms with E-state index < -0.39 is 5.60 Å². The molecule has 2 saturated carbocycles. The minimum atomic E-state index is -0.453. The highest BCUT2D eigenvalue weighted by atomic mass is 16.6. The Morgan fingerprint density at radius 3 is 2.35 bits per heavy atom. The Hall–Kier alpha value is -1.50. The Bertz CT molecular complexity index is 615. The molecule has 0 spiro atoms. The lowest BCUT2D eigenvalue weighted by molar-refractivity contribution is 0.00919. The first-order valence-corrected chi connectivity index (χ1v) is 12.2. The zero-order valence-electron chi connectivity index (χ0n) is 20.4. The van der Waals surface area contributed by atoms with Gasteiger partial charge in [-0.2, -0.15) is 0 Å². The normalized spacial score (nSPS) is 22.1. The second kappa shape index (κ2) is 10.4. The first-order valence-electron chi connectivity index (χ1n) is 12.2. The van der Waals surface area contributed by atoms with E-state index in [1.54, 1.807) is 7.11 Å². The number of hydrogen-bond donors (Lipinski definition) is 1. The summed E-state index contributed by atoms with van der Waals surface area (Å²) in [5, 5.41) is 3.65. The summed E-state index contributed by atoms with van der Waals surface area (Å²) >= 11 is 0. The van der Waals surface area contributed by atoms with Crippen molar-refractivity contribution < 1.29 is 14.3 Å². The van der Waals surface area contributed by atoms with Crippen molar-refractivity contribution in [1.82, 2.24) is 15.1 Å². The summed E-state index contributed by atoms with van der Waals surface area (Å²) < 4.78 is 11.1. The number of nitrogens with one attached hydrogen (secondary N) is 1. The second-order valence-corrected chi connectivity index (χ2v) is 10.8. The third-order valence-electron chi connectivity index (χ3n) is 7.07. The van der Waals surface area contributed by atoms with Crippen molar-refractivity contribution in [2.24, 2.45) is 16.3 Å². The van der Waals surface area contributed by atoms with E-state index in [9.17, 15) is 4.79 Å². The van der Waals surface area contributed by atoms with Gasteiger partial charge in [-0.15, -0.1) is 0 Å². The fourth-order valence-electron chi connectivity index (χ4n) is 4.77. The number of guanidine groups is 1. The van der Waals surface area contributed by atoms with E-state index in [0.29, 0.717) is 11.3 Å². The van der Waals surface area contributed by atoms with Crippen LogP contribution in [-0.2, 0) is 9.47 Å². The molecule has 0 aromatic carbocycles. The molecule has 3 aliphatic rings. The van der Waals surface area contributed by atoms with Gasteiger partial charge >= 0.3 is 6.09 Å². The van der Waals surface area contributed by atoms with Gasteiger partial charge in [0.25, 0.3) is 0 Å². The highest BCUT2D eigenvalue weighted by Crippen LogP contribution is 2.43. The van der Waals surface area contributed by atoms with Gasteiger partial charge in [0.05, 0.1) is 0 Å². The largest absolute Gasteiger partial charge is 0.444 e. The number of hydrogen-bond acceptors (Lipinski definition) is 4. The molecule has 1 aliphatic heterocycles. The lowest BCUT2D eigenvalue weighted by Crippen LogP contribution is -2.54. The number of methoxy groups -OCH3 is 1. The predicted octanol–water partition coefficient (Wildman–Crippen LogP) is 3.88. The molecule has 31 heavy (non-hydrogen) atoms. The van der Waals surface area contributed by atoms with Crippen LogP contribution >= 0.6 is 0 Å². The van der Waals surface area contributed by atoms with Crippen molar-refractivity contribution in [3.8, 4) is 0 Å². The predicted molar refractivity (Wildman–Crippen MR) is 124 cm³/mol. The SMILES string of the molecule is CN=C(NCC1(CCOC)CCC1)N1CCC(N(CC2CC2)C(=O)OC(C)(C)C)CC1. The Kier molecular flexibility index (Phi) is 8.11. The zero-order valence-corrected chi connectivity index (χ0v) is 20.4. The lowest BCUT2D eigenvalue weighted by Gasteiger charge is -2.44. The molecule has 178 valence electrons. The third-order valence-corrected chi connectivity index (χ3v) is 7.07. The monoisotopic (exact) mass is 436 g/mol. The Morgan fingerprint density at radius 1 is 1.19 bits per heavy atom. The van der Waals surface area contributed by atoms with Crippen LogP contribution in [-0.4, -0.2) is 80.4 Å². The van der Waals surface area contributed by atoms with Crippen LogP contribution in [0.25, 0.3) is 0 Å². The van der Waals surface area contributed by atoms with Crippen LogP contribution < -0.4 is 5.32 Å². The molecule has 0 aromatic rings. The third kappa shape index (κ3) is 6.99. The molecule has 1 saturated heterocycles. The van der Waals surface area contributed by atoms with Gasteiger partial charge in [0.2, 0.25) is 0 Å². The summed E-state index contributed by atoms with van der Waals surface area (Å²) in [5.74, 6) is 1.65. The molecule has 0 bridgehead atoms. The van der Waals surface area contributed by atoms with Crippen LogP contribution in [0.4, 0.5) is 4.79 Å². The molecular weight excluding hydrogens is 392 g/mol. The van der Waals surface area contributed by atoms with Crippen LogP contribution in [0.5, 0.6) is 0 Å². The molecule has 7 nitrogen and oxygen atoms in total. The van der Waals surface area contributed by atoms with Gasteiger partial charge in [0.1, 0.15) is 5.60 Å². The molecule has 0 atom stereocenters. The van der Waals surface area contributed by atoms with Crippen LogP contribution in [0.1, 0.15) is 72.1 Å². The fourth-order valence-corrected chi connectivity index (χ4v) is 4.77. The molecule has 7 heteroatoms. The molecule has 0 aromatic heterocycles. The van der Waals surface area contributed by atoms with Crippen molar-refractivity contribution in [3.05, 3.63) is 0 Å². The van der Waals surface area contributed by atoms with Crippen molar-refractivity contribution >= 4 is 12.1 Å². The highest BCUT2D eigenvalue weighted by molar-refractivity contribution is 5.80. The molecule has 2 aliphatic carbocycles. The minimum Gasteiger partial charge on any atom is -0.444 e. The van der Waals surface area contributed by atoms with E-state index in [1.165, 1.54) is 32.1 Å². The zero-order chi connectivity index (χ0) is 22.5. The van der Waals surface area contributed by atoms with Gasteiger partial charge in [-0.25, -0.2) is 4.79 Å². The maximum Gasteiger partial charge on any atom is 0.410 e. The molecule has 3 rings (SSSR count). The fraction of sp³-hybridized carbons (Fsp3) is 0.917. The maximum atomic E-state index is 12.9. The van der Waals surface area contributed by atoms with Crippen molar-refractivity contribution in [1.29, 1.82) is 0 Å². The van der Waals surface area contributed by atoms with Gasteiger partial charge in [0, 0.05) is 53.0 Å². The highest BCUT2D eigenvalue weighted by Gasteiger charge is 2.38. The first kappa shape index (κ1) is 24.1. The van der Waals surface area contributed by atoms with Crippen molar-refractivity contribution in [2.75, 3.05) is 46.9 Å². The van der Waals surface area contributed by atoms with E-state index >= 15 is 0 Å². The average molecular weight is 437 g/mol. The smallest absolute Gasteiger partial charge is 0.410 e. The number of amides is 1. The van der Waals surface area contributed by atoms with Gasteiger partial charge < -0.3 is 24.6 Å². The number of aliphatic imine (C=N–C) groups is 1. The number of rotatable bonds is 8. The number of nitrogens with zero attached hydrogens (tertiary/aromatic N) is 3. The summed E-state index contributed by atoms with van der Waals surface area (Å²) in [6.45, 7) is 10.3. The molecule has 0 radical (unpaired) electrons. The van der Waals surface area contributed by atoms with Gasteiger partial charge in [-0.3, -0.25) is 4.99 Å². The lowest BCUT2D eigenvalue weighted by atomic mass is 9.67. The van der Waals surface area contributed by atoms with Crippen molar-refractivity contribution in [2.45, 2.75) is 83.8 Å². The van der Waals surface area contributed by atoms with Crippen LogP contribution in [0.2, 0.25) is 0 Å². The number of carbonyl (C=O) groups is 1. The molecule has 1 heterocycles. The molecular formula is C24H44N4O3. The summed E-state index contributed by atoms with van der Waals surface area (Å²) in [6, 6.07) is 0.254. The van der Waals surface area contributed by atoms with Crippen LogP contribution in [0.3, 0.4) is 0 Å². The molecule has 1 amide bonds. The van der Waals surface area contributed by atoms with Gasteiger partial charge in [0.15, 0.2) is 5.96 Å². The van der Waals surface area contributed by atoms with Crippen molar-refractivity contribution in [3.63, 3.8) is 0 Å². The number of carbonyl (C=O) groups excluding carboxylic acids is 1. The Balaban J connectivity index is 1.51. The van der Waals surface area contributed by atoms with Crippen LogP contribution in [0, 0.1) is 11.3 Å². The summed E-state index contributed by atoms with van der Waals surface area (Å²) in [6.07, 6.45) is 9.22. The first-order chi connectivity index (χ1) is 14.8. The van der Waals surface area contributed by atoms with Gasteiger partial charge in [-0.1, -0.05) is 6.42 Å². The quantitative estimate of drug-likeness (QED) is 0.462. The van der Waals surface area contributed by atoms with E-state index in [2.05, 4.69) is 15.2 Å². The summed E-state index contributed by atoms with van der Waals surface area (Å²) in [5.41, 5.74) is -0.0894. The van der Waals surface area contributed by atoms with E-state index in [4.69, 9.17) is 9.47 Å². The maximum absolute atomic E-state index is 12.9. The Labute approximate surface area is 188 Å². The van der Waals surface area contributed by atoms with E-state index in [0.717, 1.165) is 58.0 Å². The summed E-state index contributed by atoms with van der Waals surface area (Å²) in [4.78, 5) is 21.8. The minimum absolute atomic E-state index is 0.148.